The fourth-order valence-electron chi connectivity index (χ4n) is 4.44. The van der Waals surface area contributed by atoms with Crippen LogP contribution in [0.5, 0.6) is 5.75 Å². The molecule has 2 aliphatic heterocycles. The van der Waals surface area contributed by atoms with Gasteiger partial charge in [-0.1, -0.05) is 18.2 Å². The molecule has 5 nitrogen and oxygen atoms in total. The first-order chi connectivity index (χ1) is 12.7. The highest BCUT2D eigenvalue weighted by atomic mass is 16.5. The second-order valence-electron chi connectivity index (χ2n) is 7.97. The third-order valence-electron chi connectivity index (χ3n) is 6.05. The number of hydrogen-bond acceptors (Lipinski definition) is 3. The Balaban J connectivity index is 1.38. The van der Waals surface area contributed by atoms with Crippen LogP contribution in [0.1, 0.15) is 49.2 Å². The maximum absolute atomic E-state index is 13.1. The summed E-state index contributed by atoms with van der Waals surface area (Å²) in [6.07, 6.45) is 9.15. The molecule has 1 spiro atoms. The maximum atomic E-state index is 13.1. The fourth-order valence-corrected chi connectivity index (χ4v) is 4.44. The highest BCUT2D eigenvalue weighted by Crippen LogP contribution is 2.41. The number of hydrogen-bond donors (Lipinski definition) is 0. The van der Waals surface area contributed by atoms with Gasteiger partial charge in [0.1, 0.15) is 17.2 Å². The summed E-state index contributed by atoms with van der Waals surface area (Å²) in [7, 11) is 0. The number of aryl methyl sites for hydroxylation is 2. The Morgan fingerprint density at radius 3 is 2.88 bits per heavy atom. The summed E-state index contributed by atoms with van der Waals surface area (Å²) in [5.41, 5.74) is 1.83. The second kappa shape index (κ2) is 6.15. The Bertz CT molecular complexity index is 814. The molecule has 0 saturated heterocycles. The SMILES string of the molecule is O=C(Cc1cn2c(n1)CCCC2)N1Cc2ccccc2OC2(CCC2)C1. The van der Waals surface area contributed by atoms with Crippen LogP contribution in [-0.2, 0) is 30.7 Å². The first kappa shape index (κ1) is 15.9. The Labute approximate surface area is 154 Å². The summed E-state index contributed by atoms with van der Waals surface area (Å²) in [5.74, 6) is 2.24. The molecule has 5 heteroatoms. The van der Waals surface area contributed by atoms with Crippen LogP contribution in [-0.4, -0.2) is 32.5 Å². The van der Waals surface area contributed by atoms with Gasteiger partial charge in [-0.25, -0.2) is 4.98 Å². The lowest BCUT2D eigenvalue weighted by atomic mass is 9.79. The van der Waals surface area contributed by atoms with E-state index in [4.69, 9.17) is 9.72 Å². The van der Waals surface area contributed by atoms with E-state index >= 15 is 0 Å². The lowest BCUT2D eigenvalue weighted by Crippen LogP contribution is -2.52. The van der Waals surface area contributed by atoms with E-state index in [-0.39, 0.29) is 11.5 Å². The number of carbonyl (C=O) groups excluding carboxylic acids is 1. The van der Waals surface area contributed by atoms with Gasteiger partial charge in [0.2, 0.25) is 5.91 Å². The number of ether oxygens (including phenoxy) is 1. The van der Waals surface area contributed by atoms with E-state index in [2.05, 4.69) is 16.8 Å². The lowest BCUT2D eigenvalue weighted by Gasteiger charge is -2.43. The van der Waals surface area contributed by atoms with Crippen LogP contribution in [0.4, 0.5) is 0 Å². The number of rotatable bonds is 2. The molecule has 1 amide bonds. The number of imidazole rings is 1. The average Bonchev–Trinajstić information content (AvgIpc) is 2.92. The Morgan fingerprint density at radius 1 is 1.19 bits per heavy atom. The summed E-state index contributed by atoms with van der Waals surface area (Å²) in [5, 5.41) is 0. The number of carbonyl (C=O) groups is 1. The van der Waals surface area contributed by atoms with Gasteiger partial charge in [0, 0.05) is 31.3 Å². The molecule has 0 unspecified atom stereocenters. The van der Waals surface area contributed by atoms with E-state index in [0.29, 0.717) is 19.5 Å². The third-order valence-corrected chi connectivity index (χ3v) is 6.05. The van der Waals surface area contributed by atoms with Crippen molar-refractivity contribution in [1.29, 1.82) is 0 Å². The molecule has 2 aromatic rings. The number of fused-ring (bicyclic) bond motifs is 2. The van der Waals surface area contributed by atoms with Crippen LogP contribution in [0.25, 0.3) is 0 Å². The molecule has 0 N–H and O–H groups in total. The predicted octanol–water partition coefficient (Wildman–Crippen LogP) is 3.11. The van der Waals surface area contributed by atoms with E-state index < -0.39 is 0 Å². The second-order valence-corrected chi connectivity index (χ2v) is 7.97. The zero-order valence-electron chi connectivity index (χ0n) is 15.1. The summed E-state index contributed by atoms with van der Waals surface area (Å²) in [6, 6.07) is 8.14. The van der Waals surface area contributed by atoms with Gasteiger partial charge in [-0.15, -0.1) is 0 Å². The number of para-hydroxylation sites is 1. The zero-order valence-corrected chi connectivity index (χ0v) is 15.1. The van der Waals surface area contributed by atoms with Gasteiger partial charge >= 0.3 is 0 Å². The third kappa shape index (κ3) is 2.79. The number of aromatic nitrogens is 2. The molecular formula is C21H25N3O2. The zero-order chi connectivity index (χ0) is 17.6. The molecule has 0 radical (unpaired) electrons. The summed E-state index contributed by atoms with van der Waals surface area (Å²) < 4.78 is 8.59. The van der Waals surface area contributed by atoms with Crippen LogP contribution in [0.3, 0.4) is 0 Å². The first-order valence-electron chi connectivity index (χ1n) is 9.80. The van der Waals surface area contributed by atoms with E-state index in [1.54, 1.807) is 0 Å². The molecule has 5 rings (SSSR count). The number of nitrogens with zero attached hydrogens (tertiary/aromatic N) is 3. The van der Waals surface area contributed by atoms with Crippen LogP contribution in [0.15, 0.2) is 30.5 Å². The number of benzene rings is 1. The van der Waals surface area contributed by atoms with E-state index in [0.717, 1.165) is 48.6 Å². The van der Waals surface area contributed by atoms with E-state index in [1.165, 1.54) is 19.3 Å². The van der Waals surface area contributed by atoms with Crippen molar-refractivity contribution in [3.05, 3.63) is 47.5 Å². The maximum Gasteiger partial charge on any atom is 0.229 e. The summed E-state index contributed by atoms with van der Waals surface area (Å²) in [4.78, 5) is 19.8. The average molecular weight is 351 g/mol. The van der Waals surface area contributed by atoms with Gasteiger partial charge in [-0.2, -0.15) is 0 Å². The first-order valence-corrected chi connectivity index (χ1v) is 9.80. The van der Waals surface area contributed by atoms with Crippen molar-refractivity contribution in [2.45, 2.75) is 63.6 Å². The van der Waals surface area contributed by atoms with Gasteiger partial charge in [0.05, 0.1) is 18.7 Å². The Kier molecular flexibility index (Phi) is 3.76. The van der Waals surface area contributed by atoms with Crippen LogP contribution >= 0.6 is 0 Å². The van der Waals surface area contributed by atoms with Crippen molar-refractivity contribution >= 4 is 5.91 Å². The molecule has 0 atom stereocenters. The lowest BCUT2D eigenvalue weighted by molar-refractivity contribution is -0.135. The predicted molar refractivity (Wildman–Crippen MR) is 97.9 cm³/mol. The van der Waals surface area contributed by atoms with Crippen molar-refractivity contribution in [1.82, 2.24) is 14.5 Å². The van der Waals surface area contributed by atoms with Gasteiger partial charge in [0.15, 0.2) is 0 Å². The summed E-state index contributed by atoms with van der Waals surface area (Å²) in [6.45, 7) is 2.35. The normalized spacial score (nSPS) is 20.5. The van der Waals surface area contributed by atoms with Crippen LogP contribution < -0.4 is 4.74 Å². The highest BCUT2D eigenvalue weighted by Gasteiger charge is 2.44. The molecule has 136 valence electrons. The molecule has 1 aliphatic carbocycles. The minimum absolute atomic E-state index is 0.159. The van der Waals surface area contributed by atoms with Gasteiger partial charge < -0.3 is 14.2 Å². The topological polar surface area (TPSA) is 47.4 Å². The van der Waals surface area contributed by atoms with Gasteiger partial charge in [-0.3, -0.25) is 4.79 Å². The van der Waals surface area contributed by atoms with E-state index in [1.807, 2.05) is 23.1 Å². The molecular weight excluding hydrogens is 326 g/mol. The van der Waals surface area contributed by atoms with Crippen molar-refractivity contribution < 1.29 is 9.53 Å². The standard InChI is InChI=1S/C21H25N3O2/c25-20(12-17-14-23-11-4-3-8-19(23)22-17)24-13-16-6-1-2-7-18(16)26-21(15-24)9-5-10-21/h1-2,6-7,14H,3-5,8-13,15H2. The minimum Gasteiger partial charge on any atom is -0.485 e. The molecule has 1 saturated carbocycles. The monoisotopic (exact) mass is 351 g/mol. The van der Waals surface area contributed by atoms with Gasteiger partial charge in [-0.05, 0) is 38.2 Å². The Hall–Kier alpha value is -2.30. The van der Waals surface area contributed by atoms with Crippen molar-refractivity contribution in [3.63, 3.8) is 0 Å². The number of amides is 1. The molecule has 1 aromatic heterocycles. The Morgan fingerprint density at radius 2 is 2.08 bits per heavy atom. The van der Waals surface area contributed by atoms with Crippen molar-refractivity contribution in [2.75, 3.05) is 6.54 Å². The molecule has 3 aliphatic rings. The largest absolute Gasteiger partial charge is 0.485 e. The molecule has 3 heterocycles. The quantitative estimate of drug-likeness (QED) is 0.835. The minimum atomic E-state index is -0.185. The highest BCUT2D eigenvalue weighted by molar-refractivity contribution is 5.78. The molecule has 1 aromatic carbocycles. The smallest absolute Gasteiger partial charge is 0.229 e. The van der Waals surface area contributed by atoms with E-state index in [9.17, 15) is 4.79 Å². The van der Waals surface area contributed by atoms with Crippen molar-refractivity contribution in [2.24, 2.45) is 0 Å². The van der Waals surface area contributed by atoms with Crippen LogP contribution in [0.2, 0.25) is 0 Å². The molecule has 0 bridgehead atoms. The fraction of sp³-hybridized carbons (Fsp3) is 0.524. The van der Waals surface area contributed by atoms with Crippen molar-refractivity contribution in [3.8, 4) is 5.75 Å². The van der Waals surface area contributed by atoms with Gasteiger partial charge in [0.25, 0.3) is 0 Å². The summed E-state index contributed by atoms with van der Waals surface area (Å²) >= 11 is 0. The van der Waals surface area contributed by atoms with Crippen LogP contribution in [0, 0.1) is 0 Å². The molecule has 1 fully saturated rings. The molecule has 26 heavy (non-hydrogen) atoms.